The molecular formula is C16H23NO6. The lowest BCUT2D eigenvalue weighted by atomic mass is 10.2. The van der Waals surface area contributed by atoms with Crippen molar-refractivity contribution in [1.29, 1.82) is 0 Å². The summed E-state index contributed by atoms with van der Waals surface area (Å²) in [5.41, 5.74) is 0.885. The van der Waals surface area contributed by atoms with E-state index in [0.29, 0.717) is 17.0 Å². The number of esters is 2. The number of hydrogen-bond acceptors (Lipinski definition) is 6. The average Bonchev–Trinajstić information content (AvgIpc) is 2.44. The summed E-state index contributed by atoms with van der Waals surface area (Å²) in [6.07, 6.45) is 0.0255. The van der Waals surface area contributed by atoms with Gasteiger partial charge in [0.2, 0.25) is 5.91 Å². The molecule has 0 bridgehead atoms. The van der Waals surface area contributed by atoms with Crippen molar-refractivity contribution >= 4 is 23.5 Å². The molecule has 0 fully saturated rings. The SMILES string of the molecule is CC(=O)OC(C)C.COC(=O)c1ccc(NC(C)=O)cc1OC. The van der Waals surface area contributed by atoms with Gasteiger partial charge >= 0.3 is 11.9 Å². The zero-order valence-corrected chi connectivity index (χ0v) is 14.3. The Balaban J connectivity index is 0.000000585. The molecule has 0 radical (unpaired) electrons. The summed E-state index contributed by atoms with van der Waals surface area (Å²) < 4.78 is 14.2. The highest BCUT2D eigenvalue weighted by molar-refractivity contribution is 5.94. The van der Waals surface area contributed by atoms with Crippen LogP contribution in [0.2, 0.25) is 0 Å². The standard InChI is InChI=1S/C11H13NO4.C5H10O2/c1-7(13)12-8-4-5-9(11(14)16-3)10(6-8)15-2;1-4(2)7-5(3)6/h4-6H,1-3H3,(H,12,13);4H,1-3H3. The molecule has 23 heavy (non-hydrogen) atoms. The number of benzene rings is 1. The molecular weight excluding hydrogens is 302 g/mol. The van der Waals surface area contributed by atoms with Crippen LogP contribution in [0.3, 0.4) is 0 Å². The highest BCUT2D eigenvalue weighted by atomic mass is 16.5. The van der Waals surface area contributed by atoms with E-state index in [1.54, 1.807) is 12.1 Å². The van der Waals surface area contributed by atoms with Crippen molar-refractivity contribution in [3.05, 3.63) is 23.8 Å². The Morgan fingerprint density at radius 2 is 1.70 bits per heavy atom. The number of rotatable bonds is 4. The van der Waals surface area contributed by atoms with E-state index in [2.05, 4.69) is 14.8 Å². The smallest absolute Gasteiger partial charge is 0.341 e. The largest absolute Gasteiger partial charge is 0.496 e. The van der Waals surface area contributed by atoms with Gasteiger partial charge in [0.15, 0.2) is 0 Å². The molecule has 0 spiro atoms. The fourth-order valence-electron chi connectivity index (χ4n) is 1.58. The zero-order valence-electron chi connectivity index (χ0n) is 14.3. The molecule has 7 nitrogen and oxygen atoms in total. The second-order valence-electron chi connectivity index (χ2n) is 4.75. The first-order valence-electron chi connectivity index (χ1n) is 6.92. The van der Waals surface area contributed by atoms with Gasteiger partial charge in [-0.3, -0.25) is 9.59 Å². The first-order chi connectivity index (χ1) is 10.7. The highest BCUT2D eigenvalue weighted by Crippen LogP contribution is 2.23. The Labute approximate surface area is 135 Å². The Kier molecular flexibility index (Phi) is 9.07. The van der Waals surface area contributed by atoms with Crippen LogP contribution in [0.25, 0.3) is 0 Å². The molecule has 0 unspecified atom stereocenters. The van der Waals surface area contributed by atoms with E-state index in [-0.39, 0.29) is 18.0 Å². The van der Waals surface area contributed by atoms with Gasteiger partial charge in [-0.2, -0.15) is 0 Å². The van der Waals surface area contributed by atoms with Crippen LogP contribution in [0.1, 0.15) is 38.1 Å². The lowest BCUT2D eigenvalue weighted by Crippen LogP contribution is -2.08. The molecule has 1 rings (SSSR count). The monoisotopic (exact) mass is 325 g/mol. The molecule has 1 aromatic carbocycles. The maximum absolute atomic E-state index is 11.3. The van der Waals surface area contributed by atoms with E-state index in [0.717, 1.165) is 0 Å². The van der Waals surface area contributed by atoms with Crippen LogP contribution in [-0.4, -0.2) is 38.2 Å². The predicted molar refractivity (Wildman–Crippen MR) is 85.5 cm³/mol. The lowest BCUT2D eigenvalue weighted by molar-refractivity contribution is -0.144. The van der Waals surface area contributed by atoms with Crippen molar-refractivity contribution in [2.24, 2.45) is 0 Å². The van der Waals surface area contributed by atoms with Crippen molar-refractivity contribution in [3.8, 4) is 5.75 Å². The summed E-state index contributed by atoms with van der Waals surface area (Å²) in [6, 6.07) is 4.71. The van der Waals surface area contributed by atoms with E-state index in [4.69, 9.17) is 4.74 Å². The third kappa shape index (κ3) is 8.45. The third-order valence-electron chi connectivity index (χ3n) is 2.33. The predicted octanol–water partition coefficient (Wildman–Crippen LogP) is 2.40. The van der Waals surface area contributed by atoms with Crippen LogP contribution in [0.5, 0.6) is 5.75 Å². The zero-order chi connectivity index (χ0) is 18.0. The average molecular weight is 325 g/mol. The first-order valence-corrected chi connectivity index (χ1v) is 6.92. The van der Waals surface area contributed by atoms with Gasteiger partial charge in [-0.15, -0.1) is 0 Å². The van der Waals surface area contributed by atoms with E-state index in [1.807, 2.05) is 13.8 Å². The Morgan fingerprint density at radius 1 is 1.09 bits per heavy atom. The van der Waals surface area contributed by atoms with Crippen LogP contribution in [0, 0.1) is 0 Å². The quantitative estimate of drug-likeness (QED) is 0.855. The van der Waals surface area contributed by atoms with Crippen LogP contribution >= 0.6 is 0 Å². The lowest BCUT2D eigenvalue weighted by Gasteiger charge is -2.09. The summed E-state index contributed by atoms with van der Waals surface area (Å²) >= 11 is 0. The maximum atomic E-state index is 11.3. The van der Waals surface area contributed by atoms with Gasteiger partial charge in [0.25, 0.3) is 0 Å². The van der Waals surface area contributed by atoms with Crippen LogP contribution in [0.15, 0.2) is 18.2 Å². The Bertz CT molecular complexity index is 554. The molecule has 0 aromatic heterocycles. The number of hydrogen-bond donors (Lipinski definition) is 1. The molecule has 7 heteroatoms. The van der Waals surface area contributed by atoms with Crippen molar-refractivity contribution in [2.75, 3.05) is 19.5 Å². The molecule has 0 atom stereocenters. The number of carbonyl (C=O) groups is 3. The third-order valence-corrected chi connectivity index (χ3v) is 2.33. The van der Waals surface area contributed by atoms with Crippen molar-refractivity contribution < 1.29 is 28.6 Å². The minimum absolute atomic E-state index is 0.0255. The fourth-order valence-corrected chi connectivity index (χ4v) is 1.58. The summed E-state index contributed by atoms with van der Waals surface area (Å²) in [4.78, 5) is 32.2. The van der Waals surface area contributed by atoms with Gasteiger partial charge in [0.1, 0.15) is 11.3 Å². The Hall–Kier alpha value is -2.57. The van der Waals surface area contributed by atoms with Gasteiger partial charge in [0.05, 0.1) is 20.3 Å². The minimum Gasteiger partial charge on any atom is -0.496 e. The van der Waals surface area contributed by atoms with E-state index < -0.39 is 5.97 Å². The fraction of sp³-hybridized carbons (Fsp3) is 0.438. The number of carbonyl (C=O) groups excluding carboxylic acids is 3. The molecule has 0 aliphatic rings. The Morgan fingerprint density at radius 3 is 2.04 bits per heavy atom. The number of amides is 1. The molecule has 1 aromatic rings. The van der Waals surface area contributed by atoms with Crippen molar-refractivity contribution in [3.63, 3.8) is 0 Å². The van der Waals surface area contributed by atoms with Gasteiger partial charge in [0, 0.05) is 25.6 Å². The second-order valence-corrected chi connectivity index (χ2v) is 4.75. The maximum Gasteiger partial charge on any atom is 0.341 e. The number of methoxy groups -OCH3 is 2. The van der Waals surface area contributed by atoms with Crippen LogP contribution in [0.4, 0.5) is 5.69 Å². The number of anilines is 1. The molecule has 0 saturated carbocycles. The highest BCUT2D eigenvalue weighted by Gasteiger charge is 2.13. The summed E-state index contributed by atoms with van der Waals surface area (Å²) in [5, 5.41) is 2.59. The summed E-state index contributed by atoms with van der Waals surface area (Å²) in [7, 11) is 2.74. The number of ether oxygens (including phenoxy) is 3. The van der Waals surface area contributed by atoms with Gasteiger partial charge in [-0.1, -0.05) is 0 Å². The summed E-state index contributed by atoms with van der Waals surface area (Å²) in [5.74, 6) is -0.521. The van der Waals surface area contributed by atoms with Crippen molar-refractivity contribution in [2.45, 2.75) is 33.8 Å². The van der Waals surface area contributed by atoms with Gasteiger partial charge < -0.3 is 19.5 Å². The first kappa shape index (κ1) is 20.4. The van der Waals surface area contributed by atoms with E-state index in [9.17, 15) is 14.4 Å². The van der Waals surface area contributed by atoms with Gasteiger partial charge in [-0.05, 0) is 26.0 Å². The molecule has 0 heterocycles. The molecule has 0 aliphatic carbocycles. The van der Waals surface area contributed by atoms with Crippen LogP contribution < -0.4 is 10.1 Å². The minimum atomic E-state index is -0.480. The van der Waals surface area contributed by atoms with Crippen LogP contribution in [-0.2, 0) is 19.1 Å². The molecule has 1 N–H and O–H groups in total. The summed E-state index contributed by atoms with van der Waals surface area (Å²) in [6.45, 7) is 6.45. The molecule has 0 aliphatic heterocycles. The normalized spacial score (nSPS) is 9.35. The second kappa shape index (κ2) is 10.2. The molecule has 1 amide bonds. The number of nitrogens with one attached hydrogen (secondary N) is 1. The molecule has 128 valence electrons. The molecule has 0 saturated heterocycles. The van der Waals surface area contributed by atoms with Gasteiger partial charge in [-0.25, -0.2) is 4.79 Å². The van der Waals surface area contributed by atoms with E-state index in [1.165, 1.54) is 34.1 Å². The topological polar surface area (TPSA) is 90.9 Å². The van der Waals surface area contributed by atoms with Crippen molar-refractivity contribution in [1.82, 2.24) is 0 Å². The van der Waals surface area contributed by atoms with E-state index >= 15 is 0 Å².